The molecule has 0 unspecified atom stereocenters. The summed E-state index contributed by atoms with van der Waals surface area (Å²) in [4.78, 5) is 33.9. The zero-order valence-corrected chi connectivity index (χ0v) is 14.1. The van der Waals surface area contributed by atoms with Gasteiger partial charge in [0.05, 0.1) is 0 Å². The number of carbonyl (C=O) groups excluding carboxylic acids is 1. The van der Waals surface area contributed by atoms with Gasteiger partial charge in [0, 0.05) is 56.0 Å². The summed E-state index contributed by atoms with van der Waals surface area (Å²) in [5, 5.41) is 12.8. The maximum atomic E-state index is 12.1. The van der Waals surface area contributed by atoms with E-state index >= 15 is 0 Å². The molecule has 3 rings (SSSR count). The van der Waals surface area contributed by atoms with Crippen LogP contribution in [0.1, 0.15) is 23.3 Å². The molecule has 1 aliphatic heterocycles. The van der Waals surface area contributed by atoms with Gasteiger partial charge in [-0.3, -0.25) is 14.7 Å². The Labute approximate surface area is 145 Å². The third-order valence-electron chi connectivity index (χ3n) is 4.50. The van der Waals surface area contributed by atoms with Gasteiger partial charge in [-0.05, 0) is 31.5 Å². The van der Waals surface area contributed by atoms with Gasteiger partial charge in [0.25, 0.3) is 5.91 Å². The van der Waals surface area contributed by atoms with Gasteiger partial charge in [-0.25, -0.2) is 4.79 Å². The molecule has 0 saturated carbocycles. The van der Waals surface area contributed by atoms with Crippen LogP contribution in [0.25, 0.3) is 10.9 Å². The van der Waals surface area contributed by atoms with Crippen molar-refractivity contribution in [2.24, 2.45) is 0 Å². The van der Waals surface area contributed by atoms with E-state index in [-0.39, 0.29) is 5.91 Å². The number of amides is 2. The number of pyridine rings is 1. The normalized spacial score (nSPS) is 15.4. The second-order valence-corrected chi connectivity index (χ2v) is 6.22. The second-order valence-electron chi connectivity index (χ2n) is 6.22. The van der Waals surface area contributed by atoms with Gasteiger partial charge >= 0.3 is 6.09 Å². The number of H-pyrrole nitrogens is 1. The van der Waals surface area contributed by atoms with Gasteiger partial charge in [-0.1, -0.05) is 0 Å². The number of aromatic nitrogens is 2. The molecular formula is C17H23N5O3. The number of unbranched alkanes of at least 4 members (excludes halogenated alkanes) is 1. The number of hydrogen-bond acceptors (Lipinski definition) is 4. The largest absolute Gasteiger partial charge is 0.465 e. The van der Waals surface area contributed by atoms with Crippen LogP contribution in [0.15, 0.2) is 24.5 Å². The first kappa shape index (κ1) is 17.2. The molecule has 0 atom stereocenters. The smallest absolute Gasteiger partial charge is 0.407 e. The molecular weight excluding hydrogens is 322 g/mol. The highest BCUT2D eigenvalue weighted by Crippen LogP contribution is 2.13. The van der Waals surface area contributed by atoms with E-state index in [1.807, 2.05) is 6.07 Å². The number of nitrogens with zero attached hydrogens (tertiary/aromatic N) is 3. The van der Waals surface area contributed by atoms with E-state index in [2.05, 4.69) is 20.2 Å². The molecule has 1 aliphatic rings. The van der Waals surface area contributed by atoms with Gasteiger partial charge in [0.1, 0.15) is 5.69 Å². The zero-order chi connectivity index (χ0) is 17.6. The van der Waals surface area contributed by atoms with E-state index in [9.17, 15) is 9.59 Å². The molecule has 2 amide bonds. The number of nitrogens with one attached hydrogen (secondary N) is 2. The summed E-state index contributed by atoms with van der Waals surface area (Å²) in [5.41, 5.74) is 1.45. The molecule has 8 heteroatoms. The van der Waals surface area contributed by atoms with Crippen molar-refractivity contribution in [2.75, 3.05) is 39.3 Å². The van der Waals surface area contributed by atoms with Crippen LogP contribution >= 0.6 is 0 Å². The number of carbonyl (C=O) groups is 2. The molecule has 3 heterocycles. The minimum atomic E-state index is -0.838. The summed E-state index contributed by atoms with van der Waals surface area (Å²) >= 11 is 0. The van der Waals surface area contributed by atoms with Crippen LogP contribution in [-0.2, 0) is 0 Å². The van der Waals surface area contributed by atoms with Crippen molar-refractivity contribution in [3.05, 3.63) is 30.2 Å². The van der Waals surface area contributed by atoms with Gasteiger partial charge < -0.3 is 20.3 Å². The van der Waals surface area contributed by atoms with E-state index in [0.717, 1.165) is 43.4 Å². The molecule has 134 valence electrons. The molecule has 2 aromatic heterocycles. The first-order valence-electron chi connectivity index (χ1n) is 8.54. The van der Waals surface area contributed by atoms with Crippen LogP contribution in [0.3, 0.4) is 0 Å². The third-order valence-corrected chi connectivity index (χ3v) is 4.50. The van der Waals surface area contributed by atoms with Crippen molar-refractivity contribution in [3.8, 4) is 0 Å². The molecule has 8 nitrogen and oxygen atoms in total. The highest BCUT2D eigenvalue weighted by atomic mass is 16.4. The lowest BCUT2D eigenvalue weighted by molar-refractivity contribution is 0.0947. The van der Waals surface area contributed by atoms with Crippen molar-refractivity contribution in [1.82, 2.24) is 25.1 Å². The highest BCUT2D eigenvalue weighted by Gasteiger charge is 2.19. The lowest BCUT2D eigenvalue weighted by Gasteiger charge is -2.33. The number of carboxylic acid groups (broad SMARTS) is 1. The summed E-state index contributed by atoms with van der Waals surface area (Å²) in [5.74, 6) is -0.105. The molecule has 0 aliphatic carbocycles. The SMILES string of the molecule is O=C(NCCCCN1CCN(C(=O)O)CC1)c1cc2cnccc2[nH]1. The van der Waals surface area contributed by atoms with Crippen LogP contribution < -0.4 is 5.32 Å². The lowest BCUT2D eigenvalue weighted by Crippen LogP contribution is -2.48. The fraction of sp³-hybridized carbons (Fsp3) is 0.471. The summed E-state index contributed by atoms with van der Waals surface area (Å²) < 4.78 is 0. The minimum absolute atomic E-state index is 0.105. The molecule has 0 spiro atoms. The van der Waals surface area contributed by atoms with E-state index in [0.29, 0.717) is 25.3 Å². The van der Waals surface area contributed by atoms with Crippen molar-refractivity contribution < 1.29 is 14.7 Å². The Bertz CT molecular complexity index is 704. The van der Waals surface area contributed by atoms with Crippen LogP contribution in [0.2, 0.25) is 0 Å². The van der Waals surface area contributed by atoms with E-state index in [1.54, 1.807) is 18.5 Å². The topological polar surface area (TPSA) is 102 Å². The average molecular weight is 345 g/mol. The summed E-state index contributed by atoms with van der Waals surface area (Å²) in [6.07, 6.45) is 4.45. The van der Waals surface area contributed by atoms with Gasteiger partial charge in [0.15, 0.2) is 0 Å². The van der Waals surface area contributed by atoms with Crippen LogP contribution in [0.5, 0.6) is 0 Å². The quantitative estimate of drug-likeness (QED) is 0.686. The number of aromatic amines is 1. The van der Waals surface area contributed by atoms with Crippen molar-refractivity contribution in [1.29, 1.82) is 0 Å². The third kappa shape index (κ3) is 4.48. The maximum Gasteiger partial charge on any atom is 0.407 e. The van der Waals surface area contributed by atoms with Gasteiger partial charge in [0.2, 0.25) is 0 Å². The minimum Gasteiger partial charge on any atom is -0.465 e. The van der Waals surface area contributed by atoms with E-state index in [1.165, 1.54) is 4.90 Å². The maximum absolute atomic E-state index is 12.1. The Kier molecular flexibility index (Phi) is 5.49. The van der Waals surface area contributed by atoms with Crippen LogP contribution in [0.4, 0.5) is 4.79 Å². The molecule has 3 N–H and O–H groups in total. The standard InChI is InChI=1S/C17H23N5O3/c23-16(15-11-13-12-18-5-3-14(13)20-15)19-4-1-2-6-21-7-9-22(10-8-21)17(24)25/h3,5,11-12,20H,1-2,4,6-10H2,(H,19,23)(H,24,25). The Morgan fingerprint density at radius 3 is 2.76 bits per heavy atom. The summed E-state index contributed by atoms with van der Waals surface area (Å²) in [7, 11) is 0. The van der Waals surface area contributed by atoms with Crippen LogP contribution in [-0.4, -0.2) is 76.1 Å². The van der Waals surface area contributed by atoms with E-state index < -0.39 is 6.09 Å². The highest BCUT2D eigenvalue weighted by molar-refractivity contribution is 5.97. The number of rotatable bonds is 6. The first-order chi connectivity index (χ1) is 12.1. The van der Waals surface area contributed by atoms with Crippen molar-refractivity contribution in [2.45, 2.75) is 12.8 Å². The molecule has 0 radical (unpaired) electrons. The van der Waals surface area contributed by atoms with Crippen molar-refractivity contribution >= 4 is 22.9 Å². The molecule has 0 aromatic carbocycles. The average Bonchev–Trinajstić information content (AvgIpc) is 3.06. The molecule has 1 fully saturated rings. The lowest BCUT2D eigenvalue weighted by atomic mass is 10.2. The first-order valence-corrected chi connectivity index (χ1v) is 8.54. The fourth-order valence-electron chi connectivity index (χ4n) is 3.01. The van der Waals surface area contributed by atoms with E-state index in [4.69, 9.17) is 5.11 Å². The zero-order valence-electron chi connectivity index (χ0n) is 14.1. The number of hydrogen-bond donors (Lipinski definition) is 3. The predicted molar refractivity (Wildman–Crippen MR) is 93.7 cm³/mol. The van der Waals surface area contributed by atoms with Gasteiger partial charge in [-0.15, -0.1) is 0 Å². The number of piperazine rings is 1. The Balaban J connectivity index is 1.33. The summed E-state index contributed by atoms with van der Waals surface area (Å²) in [6.45, 7) is 4.26. The Morgan fingerprint density at radius 1 is 1.24 bits per heavy atom. The second kappa shape index (κ2) is 7.98. The molecule has 2 aromatic rings. The summed E-state index contributed by atoms with van der Waals surface area (Å²) in [6, 6.07) is 3.65. The predicted octanol–water partition coefficient (Wildman–Crippen LogP) is 1.37. The fourth-order valence-corrected chi connectivity index (χ4v) is 3.01. The molecule has 0 bridgehead atoms. The van der Waals surface area contributed by atoms with Gasteiger partial charge in [-0.2, -0.15) is 0 Å². The molecule has 25 heavy (non-hydrogen) atoms. The molecule has 1 saturated heterocycles. The Hall–Kier alpha value is -2.61. The Morgan fingerprint density at radius 2 is 2.04 bits per heavy atom. The number of fused-ring (bicyclic) bond motifs is 1. The van der Waals surface area contributed by atoms with Crippen LogP contribution in [0, 0.1) is 0 Å². The van der Waals surface area contributed by atoms with Crippen molar-refractivity contribution in [3.63, 3.8) is 0 Å². The monoisotopic (exact) mass is 345 g/mol.